The molecule has 1 amide bonds. The number of carbonyl (C=O) groups excluding carboxylic acids is 1. The lowest BCUT2D eigenvalue weighted by Gasteiger charge is -2.31. The maximum Gasteiger partial charge on any atom is 0.253 e. The summed E-state index contributed by atoms with van der Waals surface area (Å²) in [6, 6.07) is 3.93. The molecule has 2 atom stereocenters. The van der Waals surface area contributed by atoms with Crippen LogP contribution in [0, 0.1) is 11.8 Å². The Kier molecular flexibility index (Phi) is 4.40. The lowest BCUT2D eigenvalue weighted by molar-refractivity contribution is 0.0911. The van der Waals surface area contributed by atoms with E-state index in [0.717, 1.165) is 18.7 Å². The molecule has 0 spiro atoms. The third-order valence-corrected chi connectivity index (χ3v) is 3.80. The summed E-state index contributed by atoms with van der Waals surface area (Å²) in [4.78, 5) is 16.3. The molecule has 1 saturated carbocycles. The van der Waals surface area contributed by atoms with Gasteiger partial charge in [0.2, 0.25) is 0 Å². The van der Waals surface area contributed by atoms with E-state index in [2.05, 4.69) is 29.5 Å². The fourth-order valence-electron chi connectivity index (χ4n) is 3.01. The minimum Gasteiger partial charge on any atom is -0.373 e. The second kappa shape index (κ2) is 6.04. The molecular weight excluding hydrogens is 238 g/mol. The summed E-state index contributed by atoms with van der Waals surface area (Å²) in [6.45, 7) is 4.52. The summed E-state index contributed by atoms with van der Waals surface area (Å²) >= 11 is 0. The highest BCUT2D eigenvalue weighted by molar-refractivity contribution is 5.94. The summed E-state index contributed by atoms with van der Waals surface area (Å²) in [5, 5.41) is 6.08. The molecular formula is C15H23N3O. The quantitative estimate of drug-likeness (QED) is 0.879. The highest BCUT2D eigenvalue weighted by Gasteiger charge is 2.25. The first-order chi connectivity index (χ1) is 9.08. The van der Waals surface area contributed by atoms with Crippen molar-refractivity contribution in [2.45, 2.75) is 39.2 Å². The molecule has 1 aromatic heterocycles. The van der Waals surface area contributed by atoms with Crippen molar-refractivity contribution in [3.05, 3.63) is 23.9 Å². The number of carbonyl (C=O) groups is 1. The molecule has 2 N–H and O–H groups in total. The van der Waals surface area contributed by atoms with Crippen molar-refractivity contribution in [1.82, 2.24) is 10.3 Å². The molecule has 2 unspecified atom stereocenters. The molecule has 0 aromatic carbocycles. The van der Waals surface area contributed by atoms with E-state index in [1.807, 2.05) is 19.2 Å². The number of rotatable bonds is 3. The van der Waals surface area contributed by atoms with Crippen LogP contribution >= 0.6 is 0 Å². The molecule has 1 aliphatic rings. The molecule has 2 rings (SSSR count). The van der Waals surface area contributed by atoms with Crippen LogP contribution in [0.25, 0.3) is 0 Å². The summed E-state index contributed by atoms with van der Waals surface area (Å²) in [6.07, 6.45) is 5.05. The van der Waals surface area contributed by atoms with Gasteiger partial charge in [-0.05, 0) is 43.2 Å². The van der Waals surface area contributed by atoms with Crippen LogP contribution in [0.5, 0.6) is 0 Å². The molecule has 0 bridgehead atoms. The zero-order chi connectivity index (χ0) is 13.8. The Balaban J connectivity index is 1.96. The Bertz CT molecular complexity index is 420. The second-order valence-electron chi connectivity index (χ2n) is 5.77. The molecule has 0 saturated heterocycles. The standard InChI is InChI=1S/C15H23N3O/c1-10-6-11(2)8-13(7-10)18-15(19)12-4-5-14(16-3)17-9-12/h4-5,9-11,13H,6-8H2,1-3H3,(H,16,17)(H,18,19). The topological polar surface area (TPSA) is 54.0 Å². The number of amides is 1. The van der Waals surface area contributed by atoms with Crippen LogP contribution in [-0.2, 0) is 0 Å². The van der Waals surface area contributed by atoms with Crippen LogP contribution in [0.3, 0.4) is 0 Å². The van der Waals surface area contributed by atoms with Crippen molar-refractivity contribution in [3.8, 4) is 0 Å². The number of aromatic nitrogens is 1. The first-order valence-corrected chi connectivity index (χ1v) is 7.03. The lowest BCUT2D eigenvalue weighted by Crippen LogP contribution is -2.40. The van der Waals surface area contributed by atoms with Crippen LogP contribution < -0.4 is 10.6 Å². The van der Waals surface area contributed by atoms with Gasteiger partial charge in [0.15, 0.2) is 0 Å². The molecule has 1 heterocycles. The number of nitrogens with zero attached hydrogens (tertiary/aromatic N) is 1. The van der Waals surface area contributed by atoms with Gasteiger partial charge in [0.05, 0.1) is 5.56 Å². The van der Waals surface area contributed by atoms with Gasteiger partial charge < -0.3 is 10.6 Å². The molecule has 1 aliphatic carbocycles. The minimum atomic E-state index is -0.0125. The third kappa shape index (κ3) is 3.69. The predicted molar refractivity (Wildman–Crippen MR) is 77.2 cm³/mol. The third-order valence-electron chi connectivity index (χ3n) is 3.80. The van der Waals surface area contributed by atoms with Gasteiger partial charge in [0, 0.05) is 19.3 Å². The lowest BCUT2D eigenvalue weighted by atomic mass is 9.80. The normalized spacial score (nSPS) is 26.8. The van der Waals surface area contributed by atoms with Gasteiger partial charge in [-0.2, -0.15) is 0 Å². The summed E-state index contributed by atoms with van der Waals surface area (Å²) < 4.78 is 0. The van der Waals surface area contributed by atoms with Crippen LogP contribution in [0.2, 0.25) is 0 Å². The fourth-order valence-corrected chi connectivity index (χ4v) is 3.01. The van der Waals surface area contributed by atoms with Crippen LogP contribution in [0.15, 0.2) is 18.3 Å². The van der Waals surface area contributed by atoms with E-state index in [0.29, 0.717) is 23.4 Å². The Morgan fingerprint density at radius 1 is 1.21 bits per heavy atom. The molecule has 1 fully saturated rings. The average molecular weight is 261 g/mol. The van der Waals surface area contributed by atoms with Crippen molar-refractivity contribution in [2.24, 2.45) is 11.8 Å². The summed E-state index contributed by atoms with van der Waals surface area (Å²) in [5.41, 5.74) is 0.630. The Hall–Kier alpha value is -1.58. The highest BCUT2D eigenvalue weighted by atomic mass is 16.1. The molecule has 4 nitrogen and oxygen atoms in total. The molecule has 1 aromatic rings. The molecule has 0 radical (unpaired) electrons. The SMILES string of the molecule is CNc1ccc(C(=O)NC2CC(C)CC(C)C2)cn1. The van der Waals surface area contributed by atoms with Crippen LogP contribution in [-0.4, -0.2) is 24.0 Å². The van der Waals surface area contributed by atoms with E-state index < -0.39 is 0 Å². The maximum absolute atomic E-state index is 12.2. The number of hydrogen-bond acceptors (Lipinski definition) is 3. The van der Waals surface area contributed by atoms with E-state index in [1.165, 1.54) is 6.42 Å². The van der Waals surface area contributed by atoms with Gasteiger partial charge in [-0.15, -0.1) is 0 Å². The predicted octanol–water partition coefficient (Wildman–Crippen LogP) is 2.68. The second-order valence-corrected chi connectivity index (χ2v) is 5.77. The van der Waals surface area contributed by atoms with Gasteiger partial charge in [0.25, 0.3) is 5.91 Å². The minimum absolute atomic E-state index is 0.0125. The Morgan fingerprint density at radius 3 is 2.42 bits per heavy atom. The number of hydrogen-bond donors (Lipinski definition) is 2. The van der Waals surface area contributed by atoms with Crippen molar-refractivity contribution >= 4 is 11.7 Å². The Labute approximate surface area is 115 Å². The zero-order valence-corrected chi connectivity index (χ0v) is 11.9. The Morgan fingerprint density at radius 2 is 1.89 bits per heavy atom. The number of anilines is 1. The van der Waals surface area contributed by atoms with E-state index in [-0.39, 0.29) is 5.91 Å². The molecule has 0 aliphatic heterocycles. The van der Waals surface area contributed by atoms with E-state index in [9.17, 15) is 4.79 Å². The molecule has 4 heteroatoms. The van der Waals surface area contributed by atoms with Gasteiger partial charge in [-0.1, -0.05) is 13.8 Å². The summed E-state index contributed by atoms with van der Waals surface area (Å²) in [7, 11) is 1.81. The average Bonchev–Trinajstić information content (AvgIpc) is 2.37. The van der Waals surface area contributed by atoms with Gasteiger partial charge in [-0.25, -0.2) is 4.98 Å². The van der Waals surface area contributed by atoms with Gasteiger partial charge >= 0.3 is 0 Å². The van der Waals surface area contributed by atoms with Crippen molar-refractivity contribution < 1.29 is 4.79 Å². The van der Waals surface area contributed by atoms with E-state index >= 15 is 0 Å². The van der Waals surface area contributed by atoms with Crippen molar-refractivity contribution in [1.29, 1.82) is 0 Å². The van der Waals surface area contributed by atoms with Crippen molar-refractivity contribution in [3.63, 3.8) is 0 Å². The smallest absolute Gasteiger partial charge is 0.253 e. The monoisotopic (exact) mass is 261 g/mol. The highest BCUT2D eigenvalue weighted by Crippen LogP contribution is 2.28. The van der Waals surface area contributed by atoms with Gasteiger partial charge in [-0.3, -0.25) is 4.79 Å². The zero-order valence-electron chi connectivity index (χ0n) is 11.9. The number of nitrogens with one attached hydrogen (secondary N) is 2. The number of pyridine rings is 1. The first kappa shape index (κ1) is 13.8. The van der Waals surface area contributed by atoms with Gasteiger partial charge in [0.1, 0.15) is 5.82 Å². The van der Waals surface area contributed by atoms with E-state index in [4.69, 9.17) is 0 Å². The van der Waals surface area contributed by atoms with Crippen molar-refractivity contribution in [2.75, 3.05) is 12.4 Å². The van der Waals surface area contributed by atoms with E-state index in [1.54, 1.807) is 6.20 Å². The van der Waals surface area contributed by atoms with Crippen LogP contribution in [0.1, 0.15) is 43.5 Å². The maximum atomic E-state index is 12.2. The molecule has 19 heavy (non-hydrogen) atoms. The summed E-state index contributed by atoms with van der Waals surface area (Å²) in [5.74, 6) is 2.15. The first-order valence-electron chi connectivity index (χ1n) is 7.03. The molecule has 104 valence electrons. The largest absolute Gasteiger partial charge is 0.373 e. The van der Waals surface area contributed by atoms with Crippen LogP contribution in [0.4, 0.5) is 5.82 Å². The fraction of sp³-hybridized carbons (Fsp3) is 0.600.